The van der Waals surface area contributed by atoms with Crippen molar-refractivity contribution >= 4 is 0 Å². The van der Waals surface area contributed by atoms with E-state index < -0.39 is 11.9 Å². The molecule has 0 fully saturated rings. The topological polar surface area (TPSA) is 33.1 Å². The third-order valence-electron chi connectivity index (χ3n) is 1.84. The van der Waals surface area contributed by atoms with Crippen LogP contribution < -0.4 is 0 Å². The average Bonchev–Trinajstić information content (AvgIpc) is 2.15. The number of hydrogen-bond donors (Lipinski definition) is 1. The first-order valence-corrected chi connectivity index (χ1v) is 4.10. The van der Waals surface area contributed by atoms with Gasteiger partial charge in [-0.2, -0.15) is 13.2 Å². The molecule has 2 nitrogen and oxygen atoms in total. The van der Waals surface area contributed by atoms with Crippen LogP contribution in [0.2, 0.25) is 0 Å². The molecule has 0 bridgehead atoms. The summed E-state index contributed by atoms with van der Waals surface area (Å²) in [6, 6.07) is 3.67. The molecule has 1 heterocycles. The second-order valence-electron chi connectivity index (χ2n) is 3.03. The van der Waals surface area contributed by atoms with Gasteiger partial charge in [0.15, 0.2) is 0 Å². The zero-order chi connectivity index (χ0) is 10.8. The highest BCUT2D eigenvalue weighted by Gasteiger charge is 2.32. The van der Waals surface area contributed by atoms with Crippen LogP contribution >= 0.6 is 0 Å². The fourth-order valence-electron chi connectivity index (χ4n) is 0.977. The molecular formula is C9H10F3NO. The summed E-state index contributed by atoms with van der Waals surface area (Å²) >= 11 is 0. The zero-order valence-corrected chi connectivity index (χ0v) is 7.54. The van der Waals surface area contributed by atoms with Crippen LogP contribution in [0.5, 0.6) is 0 Å². The lowest BCUT2D eigenvalue weighted by Gasteiger charge is -2.10. The molecule has 0 aromatic carbocycles. The zero-order valence-electron chi connectivity index (χ0n) is 7.54. The standard InChI is InChI=1S/C9H10F3NO/c1-6(5-14)7-3-2-4-8(13-7)9(10,11)12/h2-4,6,14H,5H2,1H3. The third-order valence-corrected chi connectivity index (χ3v) is 1.84. The molecule has 1 unspecified atom stereocenters. The molecule has 78 valence electrons. The molecule has 14 heavy (non-hydrogen) atoms. The summed E-state index contributed by atoms with van der Waals surface area (Å²) in [4.78, 5) is 3.43. The smallest absolute Gasteiger partial charge is 0.396 e. The monoisotopic (exact) mass is 205 g/mol. The predicted molar refractivity (Wildman–Crippen MR) is 44.7 cm³/mol. The molecule has 0 amide bonds. The van der Waals surface area contributed by atoms with E-state index in [4.69, 9.17) is 5.11 Å². The first-order valence-electron chi connectivity index (χ1n) is 4.10. The van der Waals surface area contributed by atoms with Crippen LogP contribution in [0.15, 0.2) is 18.2 Å². The second kappa shape index (κ2) is 3.96. The summed E-state index contributed by atoms with van der Waals surface area (Å²) in [7, 11) is 0. The van der Waals surface area contributed by atoms with Crippen LogP contribution in [0.4, 0.5) is 13.2 Å². The Morgan fingerprint density at radius 1 is 1.43 bits per heavy atom. The van der Waals surface area contributed by atoms with Gasteiger partial charge in [0.25, 0.3) is 0 Å². The number of pyridine rings is 1. The molecule has 1 atom stereocenters. The van der Waals surface area contributed by atoms with Crippen molar-refractivity contribution in [3.05, 3.63) is 29.6 Å². The first-order chi connectivity index (χ1) is 6.45. The van der Waals surface area contributed by atoms with Crippen molar-refractivity contribution in [1.82, 2.24) is 4.98 Å². The second-order valence-corrected chi connectivity index (χ2v) is 3.03. The molecule has 0 aliphatic carbocycles. The number of alkyl halides is 3. The van der Waals surface area contributed by atoms with E-state index in [9.17, 15) is 13.2 Å². The number of aliphatic hydroxyl groups is 1. The van der Waals surface area contributed by atoms with Crippen LogP contribution in [0.25, 0.3) is 0 Å². The molecule has 0 spiro atoms. The minimum absolute atomic E-state index is 0.214. The molecule has 1 rings (SSSR count). The van der Waals surface area contributed by atoms with Crippen molar-refractivity contribution in [3.8, 4) is 0 Å². The van der Waals surface area contributed by atoms with Gasteiger partial charge in [-0.15, -0.1) is 0 Å². The van der Waals surface area contributed by atoms with Gasteiger partial charge in [0.1, 0.15) is 5.69 Å². The van der Waals surface area contributed by atoms with E-state index in [-0.39, 0.29) is 18.2 Å². The Morgan fingerprint density at radius 3 is 2.57 bits per heavy atom. The van der Waals surface area contributed by atoms with E-state index in [1.165, 1.54) is 12.1 Å². The largest absolute Gasteiger partial charge is 0.433 e. The van der Waals surface area contributed by atoms with E-state index in [0.29, 0.717) is 0 Å². The lowest BCUT2D eigenvalue weighted by atomic mass is 10.1. The molecule has 0 saturated heterocycles. The minimum atomic E-state index is -4.43. The Labute approximate surface area is 79.4 Å². The molecule has 0 aliphatic heterocycles. The van der Waals surface area contributed by atoms with Crippen LogP contribution in [-0.4, -0.2) is 16.7 Å². The number of rotatable bonds is 2. The quantitative estimate of drug-likeness (QED) is 0.802. The molecule has 0 saturated carbocycles. The number of halogens is 3. The molecule has 0 aliphatic rings. The lowest BCUT2D eigenvalue weighted by molar-refractivity contribution is -0.141. The van der Waals surface area contributed by atoms with Gasteiger partial charge in [0, 0.05) is 11.6 Å². The number of hydrogen-bond acceptors (Lipinski definition) is 2. The van der Waals surface area contributed by atoms with Crippen molar-refractivity contribution in [2.24, 2.45) is 0 Å². The molecular weight excluding hydrogens is 195 g/mol. The van der Waals surface area contributed by atoms with E-state index in [0.717, 1.165) is 6.07 Å². The highest BCUT2D eigenvalue weighted by atomic mass is 19.4. The Morgan fingerprint density at radius 2 is 2.07 bits per heavy atom. The molecule has 1 N–H and O–H groups in total. The van der Waals surface area contributed by atoms with E-state index in [1.54, 1.807) is 6.92 Å². The van der Waals surface area contributed by atoms with Gasteiger partial charge >= 0.3 is 6.18 Å². The van der Waals surface area contributed by atoms with Crippen molar-refractivity contribution in [3.63, 3.8) is 0 Å². The van der Waals surface area contributed by atoms with E-state index in [2.05, 4.69) is 4.98 Å². The van der Waals surface area contributed by atoms with Gasteiger partial charge in [-0.05, 0) is 12.1 Å². The van der Waals surface area contributed by atoms with Gasteiger partial charge in [-0.1, -0.05) is 13.0 Å². The Hall–Kier alpha value is -1.10. The van der Waals surface area contributed by atoms with Gasteiger partial charge < -0.3 is 5.11 Å². The number of aliphatic hydroxyl groups excluding tert-OH is 1. The maximum absolute atomic E-state index is 12.2. The van der Waals surface area contributed by atoms with Crippen molar-refractivity contribution in [2.45, 2.75) is 19.0 Å². The van der Waals surface area contributed by atoms with Crippen LogP contribution in [-0.2, 0) is 6.18 Å². The third kappa shape index (κ3) is 2.45. The molecule has 0 radical (unpaired) electrons. The summed E-state index contributed by atoms with van der Waals surface area (Å²) in [5.74, 6) is -0.377. The Balaban J connectivity index is 3.01. The van der Waals surface area contributed by atoms with Crippen molar-refractivity contribution in [2.75, 3.05) is 6.61 Å². The fourth-order valence-corrected chi connectivity index (χ4v) is 0.977. The van der Waals surface area contributed by atoms with Gasteiger partial charge in [0.05, 0.1) is 6.61 Å². The molecule has 5 heteroatoms. The van der Waals surface area contributed by atoms with E-state index >= 15 is 0 Å². The van der Waals surface area contributed by atoms with E-state index in [1.807, 2.05) is 0 Å². The highest BCUT2D eigenvalue weighted by molar-refractivity contribution is 5.16. The average molecular weight is 205 g/mol. The van der Waals surface area contributed by atoms with Crippen LogP contribution in [0.3, 0.4) is 0 Å². The summed E-state index contributed by atoms with van der Waals surface area (Å²) in [5.41, 5.74) is -0.669. The SMILES string of the molecule is CC(CO)c1cccc(C(F)(F)F)n1. The van der Waals surface area contributed by atoms with Crippen molar-refractivity contribution < 1.29 is 18.3 Å². The molecule has 1 aromatic rings. The lowest BCUT2D eigenvalue weighted by Crippen LogP contribution is -2.11. The summed E-state index contributed by atoms with van der Waals surface area (Å²) < 4.78 is 36.6. The summed E-state index contributed by atoms with van der Waals surface area (Å²) in [6.07, 6.45) is -4.43. The minimum Gasteiger partial charge on any atom is -0.396 e. The Bertz CT molecular complexity index is 311. The van der Waals surface area contributed by atoms with Crippen LogP contribution in [0.1, 0.15) is 24.2 Å². The fraction of sp³-hybridized carbons (Fsp3) is 0.444. The highest BCUT2D eigenvalue weighted by Crippen LogP contribution is 2.28. The van der Waals surface area contributed by atoms with Gasteiger partial charge in [0.2, 0.25) is 0 Å². The summed E-state index contributed by atoms with van der Waals surface area (Å²) in [6.45, 7) is 1.40. The maximum atomic E-state index is 12.2. The van der Waals surface area contributed by atoms with Gasteiger partial charge in [-0.25, -0.2) is 4.98 Å². The molecule has 1 aromatic heterocycles. The predicted octanol–water partition coefficient (Wildman–Crippen LogP) is 2.20. The summed E-state index contributed by atoms with van der Waals surface area (Å²) in [5, 5.41) is 8.76. The number of nitrogens with zero attached hydrogens (tertiary/aromatic N) is 1. The number of aromatic nitrogens is 1. The maximum Gasteiger partial charge on any atom is 0.433 e. The Kier molecular flexibility index (Phi) is 3.10. The van der Waals surface area contributed by atoms with Crippen molar-refractivity contribution in [1.29, 1.82) is 0 Å². The normalized spacial score (nSPS) is 14.1. The van der Waals surface area contributed by atoms with Gasteiger partial charge in [-0.3, -0.25) is 0 Å². The van der Waals surface area contributed by atoms with Crippen LogP contribution in [0, 0.1) is 0 Å². The first kappa shape index (κ1) is 11.0.